The number of carbonyl (C=O) groups excluding carboxylic acids is 1. The van der Waals surface area contributed by atoms with E-state index in [-0.39, 0.29) is 11.8 Å². The number of hydrogen-bond donors (Lipinski definition) is 2. The number of carbonyl (C=O) groups is 2. The molecular weight excluding hydrogens is 270 g/mol. The number of aliphatic carboxylic acids is 1. The molecule has 0 aromatic heterocycles. The standard InChI is InChI=1S/C12H19NO3S2/c14-10(9-1-5-17-6-2-9)13-12(11(15)16)3-7-18-8-4-12/h9H,1-8H2,(H,13,14)(H,15,16). The molecule has 2 aliphatic rings. The van der Waals surface area contributed by atoms with E-state index in [0.717, 1.165) is 35.9 Å². The number of thioether (sulfide) groups is 2. The Morgan fingerprint density at radius 3 is 2.17 bits per heavy atom. The highest BCUT2D eigenvalue weighted by Crippen LogP contribution is 2.29. The third kappa shape index (κ3) is 3.15. The average molecular weight is 289 g/mol. The van der Waals surface area contributed by atoms with Crippen molar-refractivity contribution in [2.75, 3.05) is 23.0 Å². The van der Waals surface area contributed by atoms with Gasteiger partial charge in [0, 0.05) is 5.92 Å². The highest BCUT2D eigenvalue weighted by atomic mass is 32.2. The topological polar surface area (TPSA) is 66.4 Å². The first-order valence-electron chi connectivity index (χ1n) is 6.35. The zero-order valence-electron chi connectivity index (χ0n) is 10.3. The number of rotatable bonds is 3. The highest BCUT2D eigenvalue weighted by Gasteiger charge is 2.42. The van der Waals surface area contributed by atoms with Gasteiger partial charge in [0.1, 0.15) is 5.54 Å². The van der Waals surface area contributed by atoms with E-state index >= 15 is 0 Å². The van der Waals surface area contributed by atoms with E-state index < -0.39 is 11.5 Å². The Morgan fingerprint density at radius 1 is 1.06 bits per heavy atom. The van der Waals surface area contributed by atoms with Crippen LogP contribution in [-0.4, -0.2) is 45.5 Å². The first kappa shape index (κ1) is 14.1. The molecule has 0 saturated carbocycles. The van der Waals surface area contributed by atoms with Gasteiger partial charge in [-0.1, -0.05) is 0 Å². The lowest BCUT2D eigenvalue weighted by Crippen LogP contribution is -2.58. The summed E-state index contributed by atoms with van der Waals surface area (Å²) >= 11 is 3.63. The van der Waals surface area contributed by atoms with Gasteiger partial charge in [0.15, 0.2) is 0 Å². The minimum atomic E-state index is -1.01. The van der Waals surface area contributed by atoms with E-state index in [9.17, 15) is 14.7 Å². The summed E-state index contributed by atoms with van der Waals surface area (Å²) in [6.45, 7) is 0. The zero-order chi connectivity index (χ0) is 13.0. The summed E-state index contributed by atoms with van der Waals surface area (Å²) in [6.07, 6.45) is 2.84. The summed E-state index contributed by atoms with van der Waals surface area (Å²) in [5.41, 5.74) is -1.01. The zero-order valence-corrected chi connectivity index (χ0v) is 11.9. The predicted octanol–water partition coefficient (Wildman–Crippen LogP) is 1.60. The molecule has 18 heavy (non-hydrogen) atoms. The minimum absolute atomic E-state index is 0.0112. The van der Waals surface area contributed by atoms with Crippen molar-refractivity contribution < 1.29 is 14.7 Å². The summed E-state index contributed by atoms with van der Waals surface area (Å²) < 4.78 is 0. The summed E-state index contributed by atoms with van der Waals surface area (Å²) in [5, 5.41) is 12.2. The van der Waals surface area contributed by atoms with Crippen LogP contribution in [0.4, 0.5) is 0 Å². The van der Waals surface area contributed by atoms with Crippen LogP contribution in [0.3, 0.4) is 0 Å². The van der Waals surface area contributed by atoms with Gasteiger partial charge in [0.25, 0.3) is 0 Å². The lowest BCUT2D eigenvalue weighted by molar-refractivity contribution is -0.148. The van der Waals surface area contributed by atoms with E-state index in [2.05, 4.69) is 5.32 Å². The van der Waals surface area contributed by atoms with Gasteiger partial charge < -0.3 is 10.4 Å². The second-order valence-corrected chi connectivity index (χ2v) is 7.33. The normalized spacial score (nSPS) is 24.4. The van der Waals surface area contributed by atoms with Gasteiger partial charge in [-0.05, 0) is 48.7 Å². The Hall–Kier alpha value is -0.360. The van der Waals surface area contributed by atoms with E-state index in [1.165, 1.54) is 0 Å². The van der Waals surface area contributed by atoms with E-state index in [4.69, 9.17) is 0 Å². The molecule has 0 aliphatic carbocycles. The number of carboxylic acids is 1. The summed E-state index contributed by atoms with van der Waals surface area (Å²) in [7, 11) is 0. The number of amides is 1. The van der Waals surface area contributed by atoms with E-state index in [1.807, 2.05) is 11.8 Å². The maximum atomic E-state index is 12.2. The van der Waals surface area contributed by atoms with Crippen molar-refractivity contribution in [3.8, 4) is 0 Å². The maximum absolute atomic E-state index is 12.2. The average Bonchev–Trinajstić information content (AvgIpc) is 2.40. The summed E-state index contributed by atoms with van der Waals surface area (Å²) in [6, 6.07) is 0. The summed E-state index contributed by atoms with van der Waals surface area (Å²) in [5.74, 6) is 2.73. The van der Waals surface area contributed by atoms with Crippen molar-refractivity contribution in [3.63, 3.8) is 0 Å². The molecule has 2 saturated heterocycles. The Kier molecular flexibility index (Phi) is 4.84. The van der Waals surface area contributed by atoms with Crippen molar-refractivity contribution in [2.45, 2.75) is 31.2 Å². The van der Waals surface area contributed by atoms with Gasteiger partial charge in [0.2, 0.25) is 5.91 Å². The molecule has 6 heteroatoms. The minimum Gasteiger partial charge on any atom is -0.480 e. The molecule has 4 nitrogen and oxygen atoms in total. The van der Waals surface area contributed by atoms with Crippen LogP contribution in [0.1, 0.15) is 25.7 Å². The molecule has 2 aliphatic heterocycles. The smallest absolute Gasteiger partial charge is 0.329 e. The third-order valence-electron chi connectivity index (χ3n) is 3.71. The summed E-state index contributed by atoms with van der Waals surface area (Å²) in [4.78, 5) is 23.7. The van der Waals surface area contributed by atoms with Crippen LogP contribution in [0, 0.1) is 5.92 Å². The van der Waals surface area contributed by atoms with Crippen LogP contribution in [0.15, 0.2) is 0 Å². The van der Waals surface area contributed by atoms with E-state index in [1.54, 1.807) is 11.8 Å². The number of nitrogens with one attached hydrogen (secondary N) is 1. The largest absolute Gasteiger partial charge is 0.480 e. The SMILES string of the molecule is O=C(NC1(C(=O)O)CCSCC1)C1CCSCC1. The second-order valence-electron chi connectivity index (χ2n) is 4.88. The maximum Gasteiger partial charge on any atom is 0.329 e. The molecule has 2 N–H and O–H groups in total. The molecule has 0 spiro atoms. The van der Waals surface area contributed by atoms with Gasteiger partial charge in [0.05, 0.1) is 0 Å². The third-order valence-corrected chi connectivity index (χ3v) is 5.74. The van der Waals surface area contributed by atoms with Crippen LogP contribution in [0.25, 0.3) is 0 Å². The van der Waals surface area contributed by atoms with Gasteiger partial charge in [-0.25, -0.2) is 4.79 Å². The molecule has 0 aromatic rings. The molecule has 0 radical (unpaired) electrons. The fraction of sp³-hybridized carbons (Fsp3) is 0.833. The van der Waals surface area contributed by atoms with Crippen LogP contribution < -0.4 is 5.32 Å². The van der Waals surface area contributed by atoms with Gasteiger partial charge in [-0.2, -0.15) is 23.5 Å². The monoisotopic (exact) mass is 289 g/mol. The first-order valence-corrected chi connectivity index (χ1v) is 8.66. The fourth-order valence-electron chi connectivity index (χ4n) is 2.41. The number of hydrogen-bond acceptors (Lipinski definition) is 4. The highest BCUT2D eigenvalue weighted by molar-refractivity contribution is 7.99. The van der Waals surface area contributed by atoms with Crippen LogP contribution in [0.5, 0.6) is 0 Å². The number of carboxylic acid groups (broad SMARTS) is 1. The Bertz CT molecular complexity index is 323. The van der Waals surface area contributed by atoms with Crippen molar-refractivity contribution >= 4 is 35.4 Å². The fourth-order valence-corrected chi connectivity index (χ4v) is 4.71. The molecule has 0 bridgehead atoms. The quantitative estimate of drug-likeness (QED) is 0.826. The van der Waals surface area contributed by atoms with Gasteiger partial charge >= 0.3 is 5.97 Å². The van der Waals surface area contributed by atoms with Crippen LogP contribution >= 0.6 is 23.5 Å². The van der Waals surface area contributed by atoms with Gasteiger partial charge in [-0.15, -0.1) is 0 Å². The van der Waals surface area contributed by atoms with Crippen LogP contribution in [-0.2, 0) is 9.59 Å². The molecule has 2 heterocycles. The second kappa shape index (κ2) is 6.19. The van der Waals surface area contributed by atoms with Crippen molar-refractivity contribution in [1.82, 2.24) is 5.32 Å². The molecule has 102 valence electrons. The van der Waals surface area contributed by atoms with E-state index in [0.29, 0.717) is 12.8 Å². The Morgan fingerprint density at radius 2 is 1.61 bits per heavy atom. The first-order chi connectivity index (χ1) is 8.64. The molecule has 1 amide bonds. The van der Waals surface area contributed by atoms with Crippen molar-refractivity contribution in [3.05, 3.63) is 0 Å². The van der Waals surface area contributed by atoms with Gasteiger partial charge in [-0.3, -0.25) is 4.79 Å². The van der Waals surface area contributed by atoms with Crippen LogP contribution in [0.2, 0.25) is 0 Å². The molecular formula is C12H19NO3S2. The van der Waals surface area contributed by atoms with Crippen molar-refractivity contribution in [1.29, 1.82) is 0 Å². The molecule has 2 rings (SSSR count). The Balaban J connectivity index is 1.99. The molecule has 0 unspecified atom stereocenters. The predicted molar refractivity (Wildman–Crippen MR) is 75.1 cm³/mol. The lowest BCUT2D eigenvalue weighted by atomic mass is 9.90. The molecule has 2 fully saturated rings. The van der Waals surface area contributed by atoms with Crippen molar-refractivity contribution in [2.24, 2.45) is 5.92 Å². The molecule has 0 atom stereocenters. The molecule has 0 aromatic carbocycles. The lowest BCUT2D eigenvalue weighted by Gasteiger charge is -2.35. The Labute approximate surface area is 116 Å².